The fourth-order valence-corrected chi connectivity index (χ4v) is 2.87. The van der Waals surface area contributed by atoms with Gasteiger partial charge in [-0.1, -0.05) is 6.07 Å². The smallest absolute Gasteiger partial charge is 0.233 e. The molecule has 0 unspecified atom stereocenters. The third-order valence-corrected chi connectivity index (χ3v) is 4.42. The van der Waals surface area contributed by atoms with Crippen molar-refractivity contribution >= 4 is 17.7 Å². The molecule has 0 fully saturated rings. The number of halogens is 1. The molecule has 0 radical (unpaired) electrons. The number of benzene rings is 1. The number of likely N-dealkylation sites (N-methyl/N-ethyl adjacent to an activating group) is 1. The fourth-order valence-electron chi connectivity index (χ4n) is 2.07. The standard InChI is InChI=1S/C18H22FN3OS/c1-21(2)11-12-22(13-16-5-3-4-10-20-16)18(23)14-24-17-8-6-15(19)7-9-17/h3-10H,11-14H2,1-2H3. The maximum absolute atomic E-state index is 12.9. The highest BCUT2D eigenvalue weighted by Crippen LogP contribution is 2.19. The molecule has 1 heterocycles. The maximum Gasteiger partial charge on any atom is 0.233 e. The SMILES string of the molecule is CN(C)CCN(Cc1ccccn1)C(=O)CSc1ccc(F)cc1. The van der Waals surface area contributed by atoms with Gasteiger partial charge in [-0.05, 0) is 50.5 Å². The van der Waals surface area contributed by atoms with Crippen LogP contribution in [-0.4, -0.2) is 53.6 Å². The van der Waals surface area contributed by atoms with E-state index in [4.69, 9.17) is 0 Å². The minimum absolute atomic E-state index is 0.0526. The number of pyridine rings is 1. The highest BCUT2D eigenvalue weighted by Gasteiger charge is 2.15. The van der Waals surface area contributed by atoms with Crippen LogP contribution in [0.15, 0.2) is 53.6 Å². The van der Waals surface area contributed by atoms with Crippen LogP contribution in [0.3, 0.4) is 0 Å². The Morgan fingerprint density at radius 2 is 1.88 bits per heavy atom. The van der Waals surface area contributed by atoms with E-state index in [2.05, 4.69) is 4.98 Å². The monoisotopic (exact) mass is 347 g/mol. The first-order chi connectivity index (χ1) is 11.5. The molecule has 128 valence electrons. The van der Waals surface area contributed by atoms with Crippen molar-refractivity contribution in [3.05, 3.63) is 60.2 Å². The molecule has 2 aromatic rings. The minimum atomic E-state index is -0.270. The predicted octanol–water partition coefficient (Wildman–Crippen LogP) is 2.90. The number of thioether (sulfide) groups is 1. The summed E-state index contributed by atoms with van der Waals surface area (Å²) >= 11 is 1.42. The maximum atomic E-state index is 12.9. The van der Waals surface area contributed by atoms with Crippen LogP contribution < -0.4 is 0 Å². The van der Waals surface area contributed by atoms with Gasteiger partial charge in [-0.25, -0.2) is 4.39 Å². The first-order valence-electron chi connectivity index (χ1n) is 7.75. The summed E-state index contributed by atoms with van der Waals surface area (Å²) in [4.78, 5) is 21.6. The molecule has 4 nitrogen and oxygen atoms in total. The molecule has 6 heteroatoms. The van der Waals surface area contributed by atoms with Gasteiger partial charge < -0.3 is 9.80 Å². The second kappa shape index (κ2) is 9.39. The van der Waals surface area contributed by atoms with Crippen molar-refractivity contribution in [2.24, 2.45) is 0 Å². The number of hydrogen-bond donors (Lipinski definition) is 0. The van der Waals surface area contributed by atoms with Gasteiger partial charge in [0.15, 0.2) is 0 Å². The lowest BCUT2D eigenvalue weighted by Crippen LogP contribution is -2.37. The van der Waals surface area contributed by atoms with Gasteiger partial charge in [-0.2, -0.15) is 0 Å². The zero-order chi connectivity index (χ0) is 17.4. The van der Waals surface area contributed by atoms with Crippen molar-refractivity contribution in [1.29, 1.82) is 0 Å². The molecular weight excluding hydrogens is 325 g/mol. The van der Waals surface area contributed by atoms with Crippen LogP contribution >= 0.6 is 11.8 Å². The van der Waals surface area contributed by atoms with Crippen LogP contribution in [0.2, 0.25) is 0 Å². The highest BCUT2D eigenvalue weighted by atomic mass is 32.2. The van der Waals surface area contributed by atoms with E-state index in [-0.39, 0.29) is 11.7 Å². The van der Waals surface area contributed by atoms with Crippen molar-refractivity contribution < 1.29 is 9.18 Å². The molecule has 0 aliphatic heterocycles. The van der Waals surface area contributed by atoms with Gasteiger partial charge in [0, 0.05) is 24.2 Å². The molecule has 1 aromatic heterocycles. The number of rotatable bonds is 8. The number of aromatic nitrogens is 1. The molecule has 1 aromatic carbocycles. The quantitative estimate of drug-likeness (QED) is 0.688. The number of carbonyl (C=O) groups excluding carboxylic acids is 1. The van der Waals surface area contributed by atoms with Crippen molar-refractivity contribution in [1.82, 2.24) is 14.8 Å². The number of nitrogens with zero attached hydrogens (tertiary/aromatic N) is 3. The summed E-state index contributed by atoms with van der Waals surface area (Å²) in [5, 5.41) is 0. The molecule has 2 rings (SSSR count). The van der Waals surface area contributed by atoms with Crippen molar-refractivity contribution in [3.63, 3.8) is 0 Å². The van der Waals surface area contributed by atoms with E-state index in [0.29, 0.717) is 18.8 Å². The van der Waals surface area contributed by atoms with Gasteiger partial charge in [0.05, 0.1) is 18.0 Å². The summed E-state index contributed by atoms with van der Waals surface area (Å²) in [6.45, 7) is 1.93. The largest absolute Gasteiger partial charge is 0.335 e. The van der Waals surface area contributed by atoms with Crippen molar-refractivity contribution in [2.75, 3.05) is 32.9 Å². The van der Waals surface area contributed by atoms with Crippen molar-refractivity contribution in [3.8, 4) is 0 Å². The molecule has 0 saturated heterocycles. The van der Waals surface area contributed by atoms with Gasteiger partial charge in [0.1, 0.15) is 5.82 Å². The lowest BCUT2D eigenvalue weighted by atomic mass is 10.3. The molecule has 0 aliphatic rings. The molecule has 0 aliphatic carbocycles. The summed E-state index contributed by atoms with van der Waals surface area (Å²) in [7, 11) is 3.97. The number of carbonyl (C=O) groups is 1. The van der Waals surface area contributed by atoms with E-state index in [1.54, 1.807) is 18.3 Å². The van der Waals surface area contributed by atoms with Crippen LogP contribution in [0, 0.1) is 5.82 Å². The topological polar surface area (TPSA) is 36.4 Å². The molecule has 24 heavy (non-hydrogen) atoms. The van der Waals surface area contributed by atoms with Crippen LogP contribution in [0.4, 0.5) is 4.39 Å². The highest BCUT2D eigenvalue weighted by molar-refractivity contribution is 8.00. The number of amides is 1. The van der Waals surface area contributed by atoms with Gasteiger partial charge >= 0.3 is 0 Å². The summed E-state index contributed by atoms with van der Waals surface area (Å²) in [6.07, 6.45) is 1.73. The third-order valence-electron chi connectivity index (χ3n) is 3.42. The lowest BCUT2D eigenvalue weighted by Gasteiger charge is -2.24. The second-order valence-corrected chi connectivity index (χ2v) is 6.73. The Hall–Kier alpha value is -1.92. The van der Waals surface area contributed by atoms with Gasteiger partial charge in [-0.15, -0.1) is 11.8 Å². The summed E-state index contributed by atoms with van der Waals surface area (Å²) in [5.41, 5.74) is 0.872. The molecule has 1 amide bonds. The van der Waals surface area contributed by atoms with E-state index >= 15 is 0 Å². The normalized spacial score (nSPS) is 10.8. The van der Waals surface area contributed by atoms with E-state index in [0.717, 1.165) is 17.1 Å². The zero-order valence-corrected chi connectivity index (χ0v) is 14.8. The molecule has 0 bridgehead atoms. The van der Waals surface area contributed by atoms with E-state index in [1.807, 2.05) is 42.1 Å². The van der Waals surface area contributed by atoms with E-state index < -0.39 is 0 Å². The molecule has 0 atom stereocenters. The van der Waals surface area contributed by atoms with Crippen LogP contribution in [0.1, 0.15) is 5.69 Å². The minimum Gasteiger partial charge on any atom is -0.335 e. The molecular formula is C18H22FN3OS. The predicted molar refractivity (Wildman–Crippen MR) is 95.3 cm³/mol. The Labute approximate surface area is 146 Å². The summed E-state index contributed by atoms with van der Waals surface area (Å²) < 4.78 is 12.9. The third kappa shape index (κ3) is 6.29. The van der Waals surface area contributed by atoms with Gasteiger partial charge in [-0.3, -0.25) is 9.78 Å². The lowest BCUT2D eigenvalue weighted by molar-refractivity contribution is -0.129. The first kappa shape index (κ1) is 18.4. The average Bonchev–Trinajstić information content (AvgIpc) is 2.58. The van der Waals surface area contributed by atoms with E-state index in [1.165, 1.54) is 23.9 Å². The van der Waals surface area contributed by atoms with Gasteiger partial charge in [0.25, 0.3) is 0 Å². The van der Waals surface area contributed by atoms with Crippen LogP contribution in [0.25, 0.3) is 0 Å². The molecule has 0 spiro atoms. The zero-order valence-electron chi connectivity index (χ0n) is 14.0. The second-order valence-electron chi connectivity index (χ2n) is 5.68. The van der Waals surface area contributed by atoms with Crippen LogP contribution in [-0.2, 0) is 11.3 Å². The molecule has 0 saturated carbocycles. The Kier molecular flexibility index (Phi) is 7.21. The summed E-state index contributed by atoms with van der Waals surface area (Å²) in [5.74, 6) is 0.108. The van der Waals surface area contributed by atoms with Crippen molar-refractivity contribution in [2.45, 2.75) is 11.4 Å². The Balaban J connectivity index is 1.96. The Morgan fingerprint density at radius 1 is 1.12 bits per heavy atom. The Bertz CT molecular complexity index is 634. The average molecular weight is 347 g/mol. The van der Waals surface area contributed by atoms with Crippen LogP contribution in [0.5, 0.6) is 0 Å². The number of hydrogen-bond acceptors (Lipinski definition) is 4. The van der Waals surface area contributed by atoms with E-state index in [9.17, 15) is 9.18 Å². The first-order valence-corrected chi connectivity index (χ1v) is 8.74. The fraction of sp³-hybridized carbons (Fsp3) is 0.333. The summed E-state index contributed by atoms with van der Waals surface area (Å²) in [6, 6.07) is 11.9. The Morgan fingerprint density at radius 3 is 2.50 bits per heavy atom. The van der Waals surface area contributed by atoms with Gasteiger partial charge in [0.2, 0.25) is 5.91 Å². The molecule has 0 N–H and O–H groups in total.